The van der Waals surface area contributed by atoms with E-state index in [1.807, 2.05) is 0 Å². The number of hydrogen-bond acceptors (Lipinski definition) is 5. The van der Waals surface area contributed by atoms with Crippen LogP contribution in [-0.2, 0) is 19.1 Å². The summed E-state index contributed by atoms with van der Waals surface area (Å²) in [7, 11) is 1.40. The molecule has 1 aliphatic heterocycles. The molecule has 7 nitrogen and oxygen atoms in total. The first-order valence-electron chi connectivity index (χ1n) is 5.43. The van der Waals surface area contributed by atoms with Crippen LogP contribution in [-0.4, -0.2) is 67.4 Å². The molecule has 1 rings (SSSR count). The number of aliphatic carboxylic acids is 1. The number of ether oxygens (including phenoxy) is 2. The van der Waals surface area contributed by atoms with Crippen molar-refractivity contribution in [1.29, 1.82) is 0 Å². The number of carboxylic acids is 1. The molecule has 1 saturated heterocycles. The first-order valence-corrected chi connectivity index (χ1v) is 5.43. The Labute approximate surface area is 99.5 Å². The zero-order valence-electron chi connectivity index (χ0n) is 9.80. The third-order valence-corrected chi connectivity index (χ3v) is 2.69. The first kappa shape index (κ1) is 13.9. The van der Waals surface area contributed by atoms with E-state index in [0.717, 1.165) is 0 Å². The molecule has 0 aromatic rings. The van der Waals surface area contributed by atoms with Gasteiger partial charge in [0.2, 0.25) is 0 Å². The second kappa shape index (κ2) is 6.53. The SMILES string of the molecule is COC(CN)C(=O)N1CCOCC1CC(=O)O. The van der Waals surface area contributed by atoms with Gasteiger partial charge in [0.05, 0.1) is 25.7 Å². The third kappa shape index (κ3) is 3.65. The van der Waals surface area contributed by atoms with Crippen molar-refractivity contribution in [3.63, 3.8) is 0 Å². The van der Waals surface area contributed by atoms with E-state index in [-0.39, 0.29) is 25.5 Å². The van der Waals surface area contributed by atoms with Crippen molar-refractivity contribution < 1.29 is 24.2 Å². The van der Waals surface area contributed by atoms with E-state index < -0.39 is 18.1 Å². The highest BCUT2D eigenvalue weighted by atomic mass is 16.5. The summed E-state index contributed by atoms with van der Waals surface area (Å²) in [6.07, 6.45) is -0.850. The molecular weight excluding hydrogens is 228 g/mol. The fraction of sp³-hybridized carbons (Fsp3) is 0.800. The summed E-state index contributed by atoms with van der Waals surface area (Å²) >= 11 is 0. The van der Waals surface area contributed by atoms with E-state index in [4.69, 9.17) is 20.3 Å². The normalized spacial score (nSPS) is 22.2. The number of carboxylic acid groups (broad SMARTS) is 1. The smallest absolute Gasteiger partial charge is 0.305 e. The minimum absolute atomic E-state index is 0.0759. The molecule has 0 aliphatic carbocycles. The van der Waals surface area contributed by atoms with Gasteiger partial charge in [0.25, 0.3) is 5.91 Å². The van der Waals surface area contributed by atoms with Crippen LogP contribution in [0.1, 0.15) is 6.42 Å². The predicted molar refractivity (Wildman–Crippen MR) is 58.4 cm³/mol. The second-order valence-electron chi connectivity index (χ2n) is 3.82. The molecule has 2 atom stereocenters. The highest BCUT2D eigenvalue weighted by molar-refractivity contribution is 5.82. The molecule has 0 radical (unpaired) electrons. The number of methoxy groups -OCH3 is 1. The quantitative estimate of drug-likeness (QED) is 0.622. The van der Waals surface area contributed by atoms with Crippen molar-refractivity contribution in [2.75, 3.05) is 33.4 Å². The lowest BCUT2D eigenvalue weighted by Gasteiger charge is -2.36. The van der Waals surface area contributed by atoms with Crippen LogP contribution in [0.4, 0.5) is 0 Å². The average Bonchev–Trinajstić information content (AvgIpc) is 2.30. The number of carbonyl (C=O) groups excluding carboxylic acids is 1. The van der Waals surface area contributed by atoms with Gasteiger partial charge in [-0.15, -0.1) is 0 Å². The number of nitrogens with two attached hydrogens (primary N) is 1. The van der Waals surface area contributed by atoms with Crippen molar-refractivity contribution >= 4 is 11.9 Å². The molecule has 0 spiro atoms. The topological polar surface area (TPSA) is 102 Å². The number of hydrogen-bond donors (Lipinski definition) is 2. The summed E-state index contributed by atoms with van der Waals surface area (Å²) in [5, 5.41) is 8.77. The van der Waals surface area contributed by atoms with Gasteiger partial charge in [-0.25, -0.2) is 0 Å². The van der Waals surface area contributed by atoms with Crippen LogP contribution < -0.4 is 5.73 Å². The summed E-state index contributed by atoms with van der Waals surface area (Å²) in [4.78, 5) is 24.2. The zero-order valence-corrected chi connectivity index (χ0v) is 9.80. The Morgan fingerprint density at radius 2 is 2.35 bits per heavy atom. The van der Waals surface area contributed by atoms with Crippen molar-refractivity contribution in [3.05, 3.63) is 0 Å². The van der Waals surface area contributed by atoms with Crippen molar-refractivity contribution in [3.8, 4) is 0 Å². The molecule has 7 heteroatoms. The number of carbonyl (C=O) groups is 2. The lowest BCUT2D eigenvalue weighted by Crippen LogP contribution is -2.54. The molecule has 98 valence electrons. The highest BCUT2D eigenvalue weighted by Gasteiger charge is 2.32. The molecule has 0 aromatic carbocycles. The molecule has 1 aliphatic rings. The number of amides is 1. The molecule has 1 amide bonds. The Morgan fingerprint density at radius 3 is 2.88 bits per heavy atom. The van der Waals surface area contributed by atoms with Crippen LogP contribution in [0.5, 0.6) is 0 Å². The largest absolute Gasteiger partial charge is 0.481 e. The van der Waals surface area contributed by atoms with Gasteiger partial charge in [0.15, 0.2) is 0 Å². The third-order valence-electron chi connectivity index (χ3n) is 2.69. The van der Waals surface area contributed by atoms with Crippen molar-refractivity contribution in [2.45, 2.75) is 18.6 Å². The van der Waals surface area contributed by atoms with E-state index in [0.29, 0.717) is 13.2 Å². The van der Waals surface area contributed by atoms with Crippen molar-refractivity contribution in [1.82, 2.24) is 4.90 Å². The van der Waals surface area contributed by atoms with Crippen LogP contribution in [0.15, 0.2) is 0 Å². The minimum atomic E-state index is -0.958. The molecule has 3 N–H and O–H groups in total. The van der Waals surface area contributed by atoms with E-state index in [1.165, 1.54) is 12.0 Å². The Kier molecular flexibility index (Phi) is 5.33. The van der Waals surface area contributed by atoms with Crippen LogP contribution in [0, 0.1) is 0 Å². The zero-order chi connectivity index (χ0) is 12.8. The van der Waals surface area contributed by atoms with Gasteiger partial charge in [-0.1, -0.05) is 0 Å². The van der Waals surface area contributed by atoms with E-state index in [2.05, 4.69) is 0 Å². The van der Waals surface area contributed by atoms with E-state index in [9.17, 15) is 9.59 Å². The Hall–Kier alpha value is -1.18. The van der Waals surface area contributed by atoms with E-state index in [1.54, 1.807) is 0 Å². The van der Waals surface area contributed by atoms with Crippen LogP contribution in [0.2, 0.25) is 0 Å². The summed E-state index contributed by atoms with van der Waals surface area (Å²) in [6, 6.07) is -0.446. The van der Waals surface area contributed by atoms with Crippen LogP contribution in [0.3, 0.4) is 0 Å². The van der Waals surface area contributed by atoms with Gasteiger partial charge in [-0.05, 0) is 0 Å². The molecule has 2 unspecified atom stereocenters. The van der Waals surface area contributed by atoms with Gasteiger partial charge >= 0.3 is 5.97 Å². The molecule has 0 bridgehead atoms. The fourth-order valence-electron chi connectivity index (χ4n) is 1.80. The van der Waals surface area contributed by atoms with Gasteiger partial charge in [-0.2, -0.15) is 0 Å². The average molecular weight is 246 g/mol. The van der Waals surface area contributed by atoms with E-state index >= 15 is 0 Å². The lowest BCUT2D eigenvalue weighted by atomic mass is 10.1. The molecule has 1 heterocycles. The number of rotatable bonds is 5. The molecule has 1 fully saturated rings. The van der Waals surface area contributed by atoms with Crippen LogP contribution >= 0.6 is 0 Å². The minimum Gasteiger partial charge on any atom is -0.481 e. The summed E-state index contributed by atoms with van der Waals surface area (Å²) in [5.74, 6) is -1.23. The van der Waals surface area contributed by atoms with Gasteiger partial charge < -0.3 is 25.2 Å². The Bertz CT molecular complexity index is 280. The summed E-state index contributed by atoms with van der Waals surface area (Å²) < 4.78 is 10.1. The Balaban J connectivity index is 2.69. The molecular formula is C10H18N2O5. The van der Waals surface area contributed by atoms with Crippen molar-refractivity contribution in [2.24, 2.45) is 5.73 Å². The monoisotopic (exact) mass is 246 g/mol. The maximum Gasteiger partial charge on any atom is 0.305 e. The van der Waals surface area contributed by atoms with Gasteiger partial charge in [-0.3, -0.25) is 9.59 Å². The first-order chi connectivity index (χ1) is 8.10. The molecule has 0 saturated carbocycles. The second-order valence-corrected chi connectivity index (χ2v) is 3.82. The summed E-state index contributed by atoms with van der Waals surface area (Å²) in [6.45, 7) is 1.09. The molecule has 0 aromatic heterocycles. The van der Waals surface area contributed by atoms with Crippen LogP contribution in [0.25, 0.3) is 0 Å². The Morgan fingerprint density at radius 1 is 1.65 bits per heavy atom. The van der Waals surface area contributed by atoms with Gasteiger partial charge in [0, 0.05) is 20.2 Å². The van der Waals surface area contributed by atoms with Gasteiger partial charge in [0.1, 0.15) is 6.10 Å². The maximum atomic E-state index is 12.0. The maximum absolute atomic E-state index is 12.0. The molecule has 17 heavy (non-hydrogen) atoms. The number of nitrogens with zero attached hydrogens (tertiary/aromatic N) is 1. The summed E-state index contributed by atoms with van der Waals surface area (Å²) in [5.41, 5.74) is 5.42. The standard InChI is InChI=1S/C10H18N2O5/c1-16-8(5-11)10(15)12-2-3-17-6-7(12)4-9(13)14/h7-8H,2-6,11H2,1H3,(H,13,14). The predicted octanol–water partition coefficient (Wildman–Crippen LogP) is -1.34. The number of morpholine rings is 1. The lowest BCUT2D eigenvalue weighted by molar-refractivity contribution is -0.153. The fourth-order valence-corrected chi connectivity index (χ4v) is 1.80. The highest BCUT2D eigenvalue weighted by Crippen LogP contribution is 2.13.